The molecular formula is C20H14ClF2N3. The van der Waals surface area contributed by atoms with E-state index in [1.807, 2.05) is 29.5 Å². The third kappa shape index (κ3) is 2.80. The summed E-state index contributed by atoms with van der Waals surface area (Å²) in [6.45, 7) is 1.93. The van der Waals surface area contributed by atoms with Gasteiger partial charge in [-0.2, -0.15) is 0 Å². The highest BCUT2D eigenvalue weighted by molar-refractivity contribution is 6.33. The summed E-state index contributed by atoms with van der Waals surface area (Å²) >= 11 is 6.26. The minimum Gasteiger partial charge on any atom is -0.339 e. The molecule has 0 aliphatic carbocycles. The Labute approximate surface area is 153 Å². The number of aryl methyl sites for hydroxylation is 1. The third-order valence-electron chi connectivity index (χ3n) is 4.15. The molecule has 0 aliphatic heterocycles. The molecule has 0 saturated carbocycles. The quantitative estimate of drug-likeness (QED) is 0.481. The van der Waals surface area contributed by atoms with E-state index in [2.05, 4.69) is 10.3 Å². The van der Waals surface area contributed by atoms with Gasteiger partial charge in [-0.1, -0.05) is 23.7 Å². The first-order valence-corrected chi connectivity index (χ1v) is 8.37. The lowest BCUT2D eigenvalue weighted by atomic mass is 10.1. The van der Waals surface area contributed by atoms with Crippen molar-refractivity contribution in [1.82, 2.24) is 9.38 Å². The molecule has 0 atom stereocenters. The van der Waals surface area contributed by atoms with E-state index in [9.17, 15) is 8.78 Å². The number of nitrogens with one attached hydrogen (secondary N) is 1. The number of anilines is 2. The number of benzene rings is 2. The Bertz CT molecular complexity index is 1080. The molecule has 26 heavy (non-hydrogen) atoms. The molecule has 0 radical (unpaired) electrons. The van der Waals surface area contributed by atoms with Crippen LogP contribution in [-0.4, -0.2) is 9.38 Å². The van der Waals surface area contributed by atoms with Gasteiger partial charge in [0.15, 0.2) is 0 Å². The molecule has 0 aliphatic rings. The summed E-state index contributed by atoms with van der Waals surface area (Å²) in [5.41, 5.74) is 2.85. The minimum absolute atomic E-state index is 0.224. The summed E-state index contributed by atoms with van der Waals surface area (Å²) < 4.78 is 29.6. The summed E-state index contributed by atoms with van der Waals surface area (Å²) in [4.78, 5) is 4.58. The summed E-state index contributed by atoms with van der Waals surface area (Å²) in [5, 5.41) is 3.50. The molecule has 0 unspecified atom stereocenters. The van der Waals surface area contributed by atoms with Crippen molar-refractivity contribution in [2.75, 3.05) is 5.32 Å². The lowest BCUT2D eigenvalue weighted by Crippen LogP contribution is -2.00. The third-order valence-corrected chi connectivity index (χ3v) is 4.46. The molecule has 0 amide bonds. The molecule has 1 N–H and O–H groups in total. The number of hydrogen-bond acceptors (Lipinski definition) is 2. The molecule has 0 bridgehead atoms. The van der Waals surface area contributed by atoms with E-state index in [0.717, 1.165) is 5.69 Å². The highest BCUT2D eigenvalue weighted by atomic mass is 35.5. The number of rotatable bonds is 3. The molecule has 4 aromatic rings. The van der Waals surface area contributed by atoms with Crippen LogP contribution in [0.15, 0.2) is 60.7 Å². The lowest BCUT2D eigenvalue weighted by Gasteiger charge is -2.11. The molecule has 6 heteroatoms. The lowest BCUT2D eigenvalue weighted by molar-refractivity contribution is 0.628. The van der Waals surface area contributed by atoms with Gasteiger partial charge in [-0.3, -0.25) is 4.40 Å². The standard InChI is InChI=1S/C20H14ClF2N3/c1-12-4-2-7-17-25-19(18-15(21)5-3-6-16(18)23)20(26(12)17)24-14-10-8-13(22)9-11-14/h2-11,24H,1H3. The normalized spacial score (nSPS) is 11.1. The number of aromatic nitrogens is 2. The van der Waals surface area contributed by atoms with Crippen molar-refractivity contribution in [3.63, 3.8) is 0 Å². The largest absolute Gasteiger partial charge is 0.339 e. The zero-order valence-corrected chi connectivity index (χ0v) is 14.6. The molecule has 2 aromatic carbocycles. The molecular weight excluding hydrogens is 356 g/mol. The first-order valence-electron chi connectivity index (χ1n) is 7.99. The van der Waals surface area contributed by atoms with Gasteiger partial charge in [-0.05, 0) is 55.5 Å². The molecule has 4 rings (SSSR count). The second kappa shape index (κ2) is 6.42. The average molecular weight is 370 g/mol. The van der Waals surface area contributed by atoms with E-state index in [1.165, 1.54) is 18.2 Å². The monoisotopic (exact) mass is 369 g/mol. The Kier molecular flexibility index (Phi) is 4.09. The van der Waals surface area contributed by atoms with E-state index >= 15 is 0 Å². The number of imidazole rings is 1. The van der Waals surface area contributed by atoms with E-state index < -0.39 is 5.82 Å². The summed E-state index contributed by atoms with van der Waals surface area (Å²) in [7, 11) is 0. The Morgan fingerprint density at radius 1 is 0.962 bits per heavy atom. The Morgan fingerprint density at radius 2 is 1.69 bits per heavy atom. The molecule has 2 aromatic heterocycles. The van der Waals surface area contributed by atoms with Crippen molar-refractivity contribution in [3.8, 4) is 11.3 Å². The van der Waals surface area contributed by atoms with Crippen molar-refractivity contribution >= 4 is 28.8 Å². The fraction of sp³-hybridized carbons (Fsp3) is 0.0500. The Morgan fingerprint density at radius 3 is 2.42 bits per heavy atom. The molecule has 0 spiro atoms. The average Bonchev–Trinajstić information content (AvgIpc) is 2.96. The smallest absolute Gasteiger partial charge is 0.143 e. The first kappa shape index (κ1) is 16.5. The molecule has 2 heterocycles. The maximum Gasteiger partial charge on any atom is 0.143 e. The fourth-order valence-electron chi connectivity index (χ4n) is 2.94. The minimum atomic E-state index is -0.458. The second-order valence-electron chi connectivity index (χ2n) is 5.90. The molecule has 0 saturated heterocycles. The van der Waals surface area contributed by atoms with Crippen LogP contribution in [-0.2, 0) is 0 Å². The summed E-state index contributed by atoms with van der Waals surface area (Å²) in [5.74, 6) is -0.223. The summed E-state index contributed by atoms with van der Waals surface area (Å²) in [6.07, 6.45) is 0. The highest BCUT2D eigenvalue weighted by Crippen LogP contribution is 2.37. The van der Waals surface area contributed by atoms with Gasteiger partial charge in [0.05, 0.1) is 10.6 Å². The first-order chi connectivity index (χ1) is 12.5. The van der Waals surface area contributed by atoms with Crippen LogP contribution >= 0.6 is 11.6 Å². The van der Waals surface area contributed by atoms with Crippen LogP contribution in [0.1, 0.15) is 5.69 Å². The highest BCUT2D eigenvalue weighted by Gasteiger charge is 2.20. The van der Waals surface area contributed by atoms with Gasteiger partial charge in [-0.25, -0.2) is 13.8 Å². The van der Waals surface area contributed by atoms with Crippen molar-refractivity contribution < 1.29 is 8.78 Å². The number of fused-ring (bicyclic) bond motifs is 1. The zero-order chi connectivity index (χ0) is 18.3. The van der Waals surface area contributed by atoms with Gasteiger partial charge in [0, 0.05) is 11.4 Å². The zero-order valence-electron chi connectivity index (χ0n) is 13.8. The maximum atomic E-state index is 14.5. The topological polar surface area (TPSA) is 29.3 Å². The van der Waals surface area contributed by atoms with Crippen LogP contribution in [0.2, 0.25) is 5.02 Å². The Balaban J connectivity index is 1.98. The fourth-order valence-corrected chi connectivity index (χ4v) is 3.19. The van der Waals surface area contributed by atoms with Crippen LogP contribution in [0.25, 0.3) is 16.9 Å². The van der Waals surface area contributed by atoms with Gasteiger partial charge in [0.2, 0.25) is 0 Å². The van der Waals surface area contributed by atoms with Crippen LogP contribution in [0, 0.1) is 18.6 Å². The molecule has 130 valence electrons. The van der Waals surface area contributed by atoms with Crippen LogP contribution < -0.4 is 5.32 Å². The van der Waals surface area contributed by atoms with Crippen molar-refractivity contribution in [3.05, 3.63) is 83.0 Å². The van der Waals surface area contributed by atoms with Crippen LogP contribution in [0.4, 0.5) is 20.3 Å². The van der Waals surface area contributed by atoms with Crippen molar-refractivity contribution in [2.45, 2.75) is 6.92 Å². The van der Waals surface area contributed by atoms with Crippen LogP contribution in [0.3, 0.4) is 0 Å². The number of nitrogens with zero attached hydrogens (tertiary/aromatic N) is 2. The predicted octanol–water partition coefficient (Wildman–Crippen LogP) is 5.98. The van der Waals surface area contributed by atoms with E-state index in [1.54, 1.807) is 24.3 Å². The van der Waals surface area contributed by atoms with Gasteiger partial charge in [0.1, 0.15) is 28.8 Å². The second-order valence-corrected chi connectivity index (χ2v) is 6.31. The van der Waals surface area contributed by atoms with Gasteiger partial charge in [0.25, 0.3) is 0 Å². The molecule has 0 fully saturated rings. The van der Waals surface area contributed by atoms with Gasteiger partial charge < -0.3 is 5.32 Å². The Hall–Kier alpha value is -2.92. The number of halogens is 3. The summed E-state index contributed by atoms with van der Waals surface area (Å²) in [6, 6.07) is 16.1. The van der Waals surface area contributed by atoms with Crippen molar-refractivity contribution in [1.29, 1.82) is 0 Å². The SMILES string of the molecule is Cc1cccc2nc(-c3c(F)cccc3Cl)c(Nc3ccc(F)cc3)n12. The molecule has 3 nitrogen and oxygen atoms in total. The number of hydrogen-bond donors (Lipinski definition) is 1. The van der Waals surface area contributed by atoms with E-state index in [0.29, 0.717) is 22.8 Å². The van der Waals surface area contributed by atoms with Crippen molar-refractivity contribution in [2.24, 2.45) is 0 Å². The van der Waals surface area contributed by atoms with E-state index in [4.69, 9.17) is 11.6 Å². The van der Waals surface area contributed by atoms with E-state index in [-0.39, 0.29) is 16.4 Å². The van der Waals surface area contributed by atoms with Gasteiger partial charge in [-0.15, -0.1) is 0 Å². The van der Waals surface area contributed by atoms with Crippen LogP contribution in [0.5, 0.6) is 0 Å². The maximum absolute atomic E-state index is 14.5. The predicted molar refractivity (Wildman–Crippen MR) is 100 cm³/mol. The van der Waals surface area contributed by atoms with Gasteiger partial charge >= 0.3 is 0 Å². The number of pyridine rings is 1.